The molecule has 0 aliphatic carbocycles. The first-order valence-electron chi connectivity index (χ1n) is 6.36. The predicted molar refractivity (Wildman–Crippen MR) is 84.3 cm³/mol. The molecule has 0 atom stereocenters. The van der Waals surface area contributed by atoms with Crippen molar-refractivity contribution in [3.05, 3.63) is 29.6 Å². The second-order valence-electron chi connectivity index (χ2n) is 6.12. The maximum atomic E-state index is 11.8. The van der Waals surface area contributed by atoms with Gasteiger partial charge >= 0.3 is 0 Å². The fourth-order valence-electron chi connectivity index (χ4n) is 1.34. The zero-order valence-electron chi connectivity index (χ0n) is 12.3. The molecule has 0 aliphatic heterocycles. The van der Waals surface area contributed by atoms with E-state index in [-0.39, 0.29) is 16.2 Å². The van der Waals surface area contributed by atoms with Crippen molar-refractivity contribution in [3.8, 4) is 0 Å². The lowest BCUT2D eigenvalue weighted by Crippen LogP contribution is -2.40. The van der Waals surface area contributed by atoms with Crippen LogP contribution in [-0.4, -0.2) is 24.4 Å². The van der Waals surface area contributed by atoms with Gasteiger partial charge in [0, 0.05) is 11.8 Å². The number of hydrogen-bond donors (Lipinski definition) is 0. The summed E-state index contributed by atoms with van der Waals surface area (Å²) in [4.78, 5) is 16.0. The lowest BCUT2D eigenvalue weighted by Gasteiger charge is -2.36. The Labute approximate surface area is 125 Å². The Morgan fingerprint density at radius 1 is 1.42 bits per heavy atom. The van der Waals surface area contributed by atoms with Crippen LogP contribution in [0.1, 0.15) is 36.8 Å². The van der Waals surface area contributed by atoms with Crippen LogP contribution in [0.4, 0.5) is 0 Å². The van der Waals surface area contributed by atoms with Crippen molar-refractivity contribution in [1.29, 1.82) is 0 Å². The topological polar surface area (TPSA) is 39.2 Å². The van der Waals surface area contributed by atoms with Crippen molar-refractivity contribution >= 4 is 30.0 Å². The molecule has 106 valence electrons. The minimum absolute atomic E-state index is 0.00516. The molecule has 0 amide bonds. The van der Waals surface area contributed by atoms with Gasteiger partial charge in [-0.15, -0.1) is 0 Å². The summed E-state index contributed by atoms with van der Waals surface area (Å²) in [5.41, 5.74) is 1.38. The first-order valence-corrected chi connectivity index (χ1v) is 10.4. The van der Waals surface area contributed by atoms with Gasteiger partial charge in [0.15, 0.2) is 14.1 Å². The molecule has 19 heavy (non-hydrogen) atoms. The molecule has 3 nitrogen and oxygen atoms in total. The van der Waals surface area contributed by atoms with Crippen LogP contribution in [0.5, 0.6) is 0 Å². The minimum atomic E-state index is -1.81. The summed E-state index contributed by atoms with van der Waals surface area (Å²) in [5.74, 6) is -0.00516. The molecule has 0 saturated heterocycles. The van der Waals surface area contributed by atoms with Crippen molar-refractivity contribution in [3.63, 3.8) is 0 Å². The number of rotatable bonds is 5. The molecule has 0 saturated carbocycles. The van der Waals surface area contributed by atoms with Gasteiger partial charge in [0.05, 0.1) is 11.9 Å². The second-order valence-corrected chi connectivity index (χ2v) is 11.5. The summed E-state index contributed by atoms with van der Waals surface area (Å²) >= 11 is 3.19. The molecule has 0 spiro atoms. The van der Waals surface area contributed by atoms with E-state index in [4.69, 9.17) is 4.43 Å². The maximum absolute atomic E-state index is 11.8. The van der Waals surface area contributed by atoms with Crippen LogP contribution in [0.25, 0.3) is 0 Å². The molecule has 0 unspecified atom stereocenters. The number of aromatic nitrogens is 1. The molecule has 0 N–H and O–H groups in total. The summed E-state index contributed by atoms with van der Waals surface area (Å²) in [6, 6.07) is 3.76. The van der Waals surface area contributed by atoms with Crippen LogP contribution in [0.15, 0.2) is 18.3 Å². The highest BCUT2D eigenvalue weighted by Crippen LogP contribution is 2.37. The minimum Gasteiger partial charge on any atom is -0.412 e. The van der Waals surface area contributed by atoms with Gasteiger partial charge in [-0.05, 0) is 24.2 Å². The molecular formula is C14H22BrNO2Si. The Morgan fingerprint density at radius 3 is 2.58 bits per heavy atom. The van der Waals surface area contributed by atoms with Crippen molar-refractivity contribution < 1.29 is 9.22 Å². The molecule has 1 aromatic rings. The Kier molecular flexibility index (Phi) is 5.47. The molecule has 0 radical (unpaired) electrons. The Bertz CT molecular complexity index is 455. The largest absolute Gasteiger partial charge is 0.412 e. The van der Waals surface area contributed by atoms with Gasteiger partial charge in [0.1, 0.15) is 5.69 Å². The fraction of sp³-hybridized carbons (Fsp3) is 0.571. The number of hydrogen-bond acceptors (Lipinski definition) is 3. The second kappa shape index (κ2) is 6.28. The number of nitrogens with zero attached hydrogens (tertiary/aromatic N) is 1. The number of halogens is 1. The fourth-order valence-corrected chi connectivity index (χ4v) is 2.56. The van der Waals surface area contributed by atoms with Crippen LogP contribution < -0.4 is 0 Å². The first kappa shape index (κ1) is 16.5. The van der Waals surface area contributed by atoms with Gasteiger partial charge in [-0.2, -0.15) is 0 Å². The van der Waals surface area contributed by atoms with E-state index >= 15 is 0 Å². The summed E-state index contributed by atoms with van der Waals surface area (Å²) in [6.45, 7) is 11.5. The number of pyridine rings is 1. The average molecular weight is 344 g/mol. The van der Waals surface area contributed by atoms with E-state index in [2.05, 4.69) is 54.8 Å². The SMILES string of the molecule is CC(C)(C)[Si](C)(C)OCc1cccnc1C(=O)CBr. The molecule has 1 rings (SSSR count). The lowest BCUT2D eigenvalue weighted by molar-refractivity contribution is 0.101. The number of alkyl halides is 1. The highest BCUT2D eigenvalue weighted by molar-refractivity contribution is 9.09. The van der Waals surface area contributed by atoms with E-state index < -0.39 is 8.32 Å². The van der Waals surface area contributed by atoms with Crippen molar-refractivity contribution in [1.82, 2.24) is 4.98 Å². The Balaban J connectivity index is 2.87. The third kappa shape index (κ3) is 4.23. The highest BCUT2D eigenvalue weighted by Gasteiger charge is 2.37. The van der Waals surface area contributed by atoms with E-state index in [0.717, 1.165) is 5.56 Å². The van der Waals surface area contributed by atoms with Crippen LogP contribution in [0.2, 0.25) is 18.1 Å². The first-order chi connectivity index (χ1) is 8.69. The average Bonchev–Trinajstić information content (AvgIpc) is 2.34. The molecule has 0 fully saturated rings. The number of Topliss-reactive ketones (excluding diaryl/α,β-unsaturated/α-hetero) is 1. The van der Waals surface area contributed by atoms with E-state index in [1.807, 2.05) is 12.1 Å². The van der Waals surface area contributed by atoms with Gasteiger partial charge < -0.3 is 4.43 Å². The predicted octanol–water partition coefficient (Wildman–Crippen LogP) is 4.18. The van der Waals surface area contributed by atoms with Crippen molar-refractivity contribution in [2.45, 2.75) is 45.5 Å². The number of ketones is 1. The van der Waals surface area contributed by atoms with Gasteiger partial charge in [0.25, 0.3) is 0 Å². The molecule has 0 aliphatic rings. The van der Waals surface area contributed by atoms with Gasteiger partial charge in [-0.25, -0.2) is 0 Å². The monoisotopic (exact) mass is 343 g/mol. The van der Waals surface area contributed by atoms with Crippen LogP contribution in [0, 0.1) is 0 Å². The zero-order chi connectivity index (χ0) is 14.7. The van der Waals surface area contributed by atoms with E-state index in [0.29, 0.717) is 12.3 Å². The van der Waals surface area contributed by atoms with E-state index in [1.165, 1.54) is 0 Å². The smallest absolute Gasteiger partial charge is 0.192 e. The standard InChI is InChI=1S/C14H22BrNO2Si/c1-14(2,3)19(4,5)18-10-11-7-6-8-16-13(11)12(17)9-15/h6-8H,9-10H2,1-5H3. The summed E-state index contributed by atoms with van der Waals surface area (Å²) < 4.78 is 6.15. The van der Waals surface area contributed by atoms with Crippen molar-refractivity contribution in [2.24, 2.45) is 0 Å². The van der Waals surface area contributed by atoms with Crippen LogP contribution in [-0.2, 0) is 11.0 Å². The molecule has 1 aromatic heterocycles. The van der Waals surface area contributed by atoms with Gasteiger partial charge in [-0.1, -0.05) is 42.8 Å². The molecule has 5 heteroatoms. The van der Waals surface area contributed by atoms with E-state index in [1.54, 1.807) is 6.20 Å². The maximum Gasteiger partial charge on any atom is 0.192 e. The highest BCUT2D eigenvalue weighted by atomic mass is 79.9. The molecule has 1 heterocycles. The lowest BCUT2D eigenvalue weighted by atomic mass is 10.1. The molecule has 0 bridgehead atoms. The third-order valence-electron chi connectivity index (χ3n) is 3.67. The van der Waals surface area contributed by atoms with Crippen LogP contribution >= 0.6 is 15.9 Å². The summed E-state index contributed by atoms with van der Waals surface area (Å²) in [6.07, 6.45) is 1.64. The Hall–Kier alpha value is -0.523. The summed E-state index contributed by atoms with van der Waals surface area (Å²) in [7, 11) is -1.81. The number of carbonyl (C=O) groups is 1. The summed E-state index contributed by atoms with van der Waals surface area (Å²) in [5, 5.41) is 0.450. The Morgan fingerprint density at radius 2 is 2.05 bits per heavy atom. The quantitative estimate of drug-likeness (QED) is 0.457. The van der Waals surface area contributed by atoms with E-state index in [9.17, 15) is 4.79 Å². The normalized spacial score (nSPS) is 12.5. The molecular weight excluding hydrogens is 322 g/mol. The number of carbonyl (C=O) groups excluding carboxylic acids is 1. The third-order valence-corrected chi connectivity index (χ3v) is 8.66. The van der Waals surface area contributed by atoms with Gasteiger partial charge in [0.2, 0.25) is 0 Å². The molecule has 0 aromatic carbocycles. The van der Waals surface area contributed by atoms with Crippen LogP contribution in [0.3, 0.4) is 0 Å². The van der Waals surface area contributed by atoms with Crippen molar-refractivity contribution in [2.75, 3.05) is 5.33 Å². The zero-order valence-corrected chi connectivity index (χ0v) is 14.9. The van der Waals surface area contributed by atoms with Gasteiger partial charge in [-0.3, -0.25) is 9.78 Å².